The van der Waals surface area contributed by atoms with Gasteiger partial charge in [0.25, 0.3) is 0 Å². The summed E-state index contributed by atoms with van der Waals surface area (Å²) in [6, 6.07) is 2.18. The molecule has 0 aromatic heterocycles. The number of ether oxygens (including phenoxy) is 1. The molecule has 1 aromatic rings. The Balaban J connectivity index is 2.13. The molecule has 0 aliphatic rings. The van der Waals surface area contributed by atoms with Crippen molar-refractivity contribution in [1.82, 2.24) is 0 Å². The Labute approximate surface area is 195 Å². The Kier molecular flexibility index (Phi) is 13.2. The SMILES string of the molecule is CC(C)CCCC(C)CCCC(C)CCCC(C)CCOC(=O)c1cc(O)c(O)c(O)c1. The molecule has 3 N–H and O–H groups in total. The van der Waals surface area contributed by atoms with Gasteiger partial charge in [0.15, 0.2) is 17.2 Å². The van der Waals surface area contributed by atoms with Gasteiger partial charge in [-0.25, -0.2) is 4.79 Å². The van der Waals surface area contributed by atoms with Crippen LogP contribution in [0.25, 0.3) is 0 Å². The molecule has 0 saturated heterocycles. The van der Waals surface area contributed by atoms with E-state index in [1.807, 2.05) is 0 Å². The molecule has 32 heavy (non-hydrogen) atoms. The van der Waals surface area contributed by atoms with E-state index in [4.69, 9.17) is 4.74 Å². The second kappa shape index (κ2) is 15.0. The molecule has 3 unspecified atom stereocenters. The molecule has 0 saturated carbocycles. The van der Waals surface area contributed by atoms with Gasteiger partial charge >= 0.3 is 5.97 Å². The van der Waals surface area contributed by atoms with Gasteiger partial charge in [-0.2, -0.15) is 0 Å². The van der Waals surface area contributed by atoms with Crippen LogP contribution < -0.4 is 0 Å². The van der Waals surface area contributed by atoms with Gasteiger partial charge in [0.05, 0.1) is 12.2 Å². The molecule has 0 radical (unpaired) electrons. The van der Waals surface area contributed by atoms with E-state index in [0.717, 1.165) is 42.7 Å². The molecule has 0 heterocycles. The molecular formula is C27H46O5. The molecule has 0 aliphatic heterocycles. The highest BCUT2D eigenvalue weighted by atomic mass is 16.5. The molecule has 5 nitrogen and oxygen atoms in total. The lowest BCUT2D eigenvalue weighted by Crippen LogP contribution is -2.09. The van der Waals surface area contributed by atoms with Crippen LogP contribution in [0.5, 0.6) is 17.2 Å². The summed E-state index contributed by atoms with van der Waals surface area (Å²) >= 11 is 0. The third-order valence-electron chi connectivity index (χ3n) is 6.42. The maximum atomic E-state index is 12.1. The molecule has 184 valence electrons. The van der Waals surface area contributed by atoms with E-state index in [1.54, 1.807) is 0 Å². The van der Waals surface area contributed by atoms with E-state index >= 15 is 0 Å². The van der Waals surface area contributed by atoms with Gasteiger partial charge in [-0.3, -0.25) is 0 Å². The Morgan fingerprint density at radius 1 is 0.719 bits per heavy atom. The summed E-state index contributed by atoms with van der Waals surface area (Å²) in [5.41, 5.74) is 0.0218. The molecule has 5 heteroatoms. The third-order valence-corrected chi connectivity index (χ3v) is 6.42. The number of phenols is 3. The van der Waals surface area contributed by atoms with Crippen LogP contribution in [0.15, 0.2) is 12.1 Å². The van der Waals surface area contributed by atoms with Crippen molar-refractivity contribution in [3.8, 4) is 17.2 Å². The molecule has 1 aromatic carbocycles. The largest absolute Gasteiger partial charge is 0.504 e. The van der Waals surface area contributed by atoms with Gasteiger partial charge < -0.3 is 20.1 Å². The van der Waals surface area contributed by atoms with Crippen LogP contribution in [0.4, 0.5) is 0 Å². The highest BCUT2D eigenvalue weighted by molar-refractivity contribution is 5.91. The highest BCUT2D eigenvalue weighted by Crippen LogP contribution is 2.35. The molecule has 0 spiro atoms. The summed E-state index contributed by atoms with van der Waals surface area (Å²) in [5.74, 6) is 0.559. The van der Waals surface area contributed by atoms with Crippen LogP contribution in [-0.4, -0.2) is 27.9 Å². The maximum absolute atomic E-state index is 12.1. The number of phenolic OH excluding ortho intramolecular Hbond substituents is 3. The molecule has 0 aliphatic carbocycles. The monoisotopic (exact) mass is 450 g/mol. The van der Waals surface area contributed by atoms with E-state index < -0.39 is 23.2 Å². The quantitative estimate of drug-likeness (QED) is 0.180. The lowest BCUT2D eigenvalue weighted by atomic mass is 9.91. The van der Waals surface area contributed by atoms with Crippen LogP contribution in [0.3, 0.4) is 0 Å². The van der Waals surface area contributed by atoms with Gasteiger partial charge in [-0.15, -0.1) is 0 Å². The number of hydrogen-bond acceptors (Lipinski definition) is 5. The Morgan fingerprint density at radius 2 is 1.12 bits per heavy atom. The summed E-state index contributed by atoms with van der Waals surface area (Å²) in [6.07, 6.45) is 12.4. The van der Waals surface area contributed by atoms with Gasteiger partial charge in [0, 0.05) is 0 Å². The summed E-state index contributed by atoms with van der Waals surface area (Å²) in [7, 11) is 0. The normalized spacial score (nSPS) is 14.3. The van der Waals surface area contributed by atoms with Crippen molar-refractivity contribution in [2.45, 2.75) is 98.8 Å². The van der Waals surface area contributed by atoms with Crippen LogP contribution in [-0.2, 0) is 4.74 Å². The molecular weight excluding hydrogens is 404 g/mol. The standard InChI is InChI=1S/C27H46O5/c1-19(2)9-6-10-20(3)11-7-12-21(4)13-8-14-22(5)15-16-32-27(31)23-17-24(28)26(30)25(29)18-23/h17-22,28-30H,6-16H2,1-5H3. The highest BCUT2D eigenvalue weighted by Gasteiger charge is 2.15. The van der Waals surface area contributed by atoms with E-state index in [1.165, 1.54) is 51.4 Å². The first-order valence-corrected chi connectivity index (χ1v) is 12.5. The number of esters is 1. The Bertz CT molecular complexity index is 647. The average Bonchev–Trinajstić information content (AvgIpc) is 2.71. The molecule has 1 rings (SSSR count). The molecule has 0 fully saturated rings. The smallest absolute Gasteiger partial charge is 0.338 e. The van der Waals surface area contributed by atoms with Gasteiger partial charge in [-0.1, -0.05) is 92.4 Å². The molecule has 3 atom stereocenters. The maximum Gasteiger partial charge on any atom is 0.338 e. The van der Waals surface area contributed by atoms with Crippen molar-refractivity contribution < 1.29 is 24.9 Å². The zero-order chi connectivity index (χ0) is 24.1. The predicted octanol–water partition coefficient (Wildman–Crippen LogP) is 7.43. The minimum atomic E-state index is -0.638. The van der Waals surface area contributed by atoms with Crippen LogP contribution in [0, 0.1) is 23.7 Å². The van der Waals surface area contributed by atoms with Gasteiger partial charge in [0.2, 0.25) is 0 Å². The summed E-state index contributed by atoms with van der Waals surface area (Å²) in [6.45, 7) is 11.8. The summed E-state index contributed by atoms with van der Waals surface area (Å²) in [4.78, 5) is 12.1. The number of aromatic hydroxyl groups is 3. The topological polar surface area (TPSA) is 87.0 Å². The molecule has 0 amide bonds. The van der Waals surface area contributed by atoms with Crippen LogP contribution in [0.2, 0.25) is 0 Å². The lowest BCUT2D eigenvalue weighted by Gasteiger charge is -2.16. The zero-order valence-electron chi connectivity index (χ0n) is 20.9. The van der Waals surface area contributed by atoms with E-state index in [0.29, 0.717) is 12.5 Å². The Morgan fingerprint density at radius 3 is 1.56 bits per heavy atom. The summed E-state index contributed by atoms with van der Waals surface area (Å²) in [5, 5.41) is 28.4. The fourth-order valence-corrected chi connectivity index (χ4v) is 4.10. The van der Waals surface area contributed by atoms with E-state index in [-0.39, 0.29) is 5.56 Å². The number of benzene rings is 1. The van der Waals surface area contributed by atoms with Crippen LogP contribution >= 0.6 is 0 Å². The average molecular weight is 451 g/mol. The fraction of sp³-hybridized carbons (Fsp3) is 0.741. The minimum Gasteiger partial charge on any atom is -0.504 e. The van der Waals surface area contributed by atoms with Crippen LogP contribution in [0.1, 0.15) is 109 Å². The molecule has 0 bridgehead atoms. The number of carbonyl (C=O) groups is 1. The second-order valence-corrected chi connectivity index (χ2v) is 10.3. The van der Waals surface area contributed by atoms with Crippen molar-refractivity contribution in [2.75, 3.05) is 6.61 Å². The third kappa shape index (κ3) is 11.6. The fourth-order valence-electron chi connectivity index (χ4n) is 4.10. The predicted molar refractivity (Wildman–Crippen MR) is 130 cm³/mol. The Hall–Kier alpha value is -1.91. The van der Waals surface area contributed by atoms with Gasteiger partial charge in [0.1, 0.15) is 0 Å². The number of hydrogen-bond donors (Lipinski definition) is 3. The van der Waals surface area contributed by atoms with Crippen molar-refractivity contribution >= 4 is 5.97 Å². The van der Waals surface area contributed by atoms with Crippen molar-refractivity contribution in [3.63, 3.8) is 0 Å². The van der Waals surface area contributed by atoms with Crippen molar-refractivity contribution in [2.24, 2.45) is 23.7 Å². The first-order chi connectivity index (χ1) is 15.1. The first kappa shape index (κ1) is 28.1. The summed E-state index contributed by atoms with van der Waals surface area (Å²) < 4.78 is 5.25. The van der Waals surface area contributed by atoms with Crippen molar-refractivity contribution in [1.29, 1.82) is 0 Å². The van der Waals surface area contributed by atoms with E-state index in [9.17, 15) is 20.1 Å². The number of rotatable bonds is 16. The lowest BCUT2D eigenvalue weighted by molar-refractivity contribution is 0.0482. The number of carbonyl (C=O) groups excluding carboxylic acids is 1. The van der Waals surface area contributed by atoms with Gasteiger partial charge in [-0.05, 0) is 42.2 Å². The zero-order valence-corrected chi connectivity index (χ0v) is 20.9. The first-order valence-electron chi connectivity index (χ1n) is 12.5. The second-order valence-electron chi connectivity index (χ2n) is 10.3. The minimum absolute atomic E-state index is 0.0218. The van der Waals surface area contributed by atoms with E-state index in [2.05, 4.69) is 34.6 Å². The van der Waals surface area contributed by atoms with Crippen molar-refractivity contribution in [3.05, 3.63) is 17.7 Å².